The zero-order chi connectivity index (χ0) is 21.3. The molecule has 0 atom stereocenters. The molecule has 9 nitrogen and oxygen atoms in total. The van der Waals surface area contributed by atoms with Crippen molar-refractivity contribution >= 4 is 28.7 Å². The lowest BCUT2D eigenvalue weighted by atomic mass is 10.1. The highest BCUT2D eigenvalue weighted by molar-refractivity contribution is 6.33. The number of nitrogen functional groups attached to an aromatic ring is 1. The number of anilines is 1. The Morgan fingerprint density at radius 3 is 2.66 bits per heavy atom. The normalized spacial score (nSPS) is 11.6. The van der Waals surface area contributed by atoms with Crippen LogP contribution in [0.4, 0.5) is 5.95 Å². The molecule has 0 aliphatic carbocycles. The van der Waals surface area contributed by atoms with E-state index in [-0.39, 0.29) is 23.3 Å². The molecule has 3 heterocycles. The number of imidazole rings is 1. The lowest BCUT2D eigenvalue weighted by molar-refractivity contribution is 0.406. The van der Waals surface area contributed by atoms with Gasteiger partial charge in [-0.3, -0.25) is 14.1 Å². The van der Waals surface area contributed by atoms with E-state index in [9.17, 15) is 4.79 Å². The van der Waals surface area contributed by atoms with E-state index >= 15 is 0 Å². The van der Waals surface area contributed by atoms with Crippen LogP contribution in [0.1, 0.15) is 30.7 Å². The first-order valence-electron chi connectivity index (χ1n) is 9.39. The van der Waals surface area contributed by atoms with Crippen LogP contribution in [-0.4, -0.2) is 43.8 Å². The van der Waals surface area contributed by atoms with Crippen molar-refractivity contribution in [2.24, 2.45) is 0 Å². The number of hydrogen-bond acceptors (Lipinski definition) is 7. The Hall–Kier alpha value is -2.65. The smallest absolute Gasteiger partial charge is 0.330 e. The van der Waals surface area contributed by atoms with E-state index in [0.717, 1.165) is 16.9 Å². The van der Waals surface area contributed by atoms with Crippen LogP contribution in [0.15, 0.2) is 11.0 Å². The third-order valence-corrected chi connectivity index (χ3v) is 5.04. The molecule has 0 saturated carbocycles. The standard InChI is InChI=1S/C19H26ClN7O2/c1-10(2)22-6-7-26-14-16(20)24-18(21)25-17(14)27(19(26)28)9-13-12(4)15(29-5)11(3)8-23-13/h8,10,22H,6-7,9H2,1-5H3,(H2,21,24,25). The molecule has 0 spiro atoms. The van der Waals surface area contributed by atoms with Crippen molar-refractivity contribution in [3.63, 3.8) is 0 Å². The Balaban J connectivity index is 2.13. The molecule has 3 rings (SSSR count). The third-order valence-electron chi connectivity index (χ3n) is 4.77. The van der Waals surface area contributed by atoms with Gasteiger partial charge in [0.1, 0.15) is 11.3 Å². The first kappa shape index (κ1) is 21.1. The molecule has 0 saturated heterocycles. The average Bonchev–Trinajstić information content (AvgIpc) is 2.90. The number of halogens is 1. The molecule has 0 unspecified atom stereocenters. The molecule has 0 amide bonds. The van der Waals surface area contributed by atoms with Crippen LogP contribution in [0.3, 0.4) is 0 Å². The quantitative estimate of drug-likeness (QED) is 0.562. The fraction of sp³-hybridized carbons (Fsp3) is 0.474. The van der Waals surface area contributed by atoms with Crippen molar-refractivity contribution < 1.29 is 4.74 Å². The van der Waals surface area contributed by atoms with E-state index in [1.54, 1.807) is 17.9 Å². The number of aryl methyl sites for hydroxylation is 1. The highest BCUT2D eigenvalue weighted by Gasteiger charge is 2.21. The summed E-state index contributed by atoms with van der Waals surface area (Å²) in [5.74, 6) is 0.764. The van der Waals surface area contributed by atoms with Crippen LogP contribution in [0.25, 0.3) is 11.2 Å². The SMILES string of the molecule is COc1c(C)cnc(Cn2c(=O)n(CCNC(C)C)c3c(Cl)nc(N)nc32)c1C. The summed E-state index contributed by atoms with van der Waals surface area (Å²) in [7, 11) is 1.62. The van der Waals surface area contributed by atoms with E-state index in [2.05, 4.69) is 20.3 Å². The Morgan fingerprint density at radius 2 is 2.00 bits per heavy atom. The number of hydrogen-bond donors (Lipinski definition) is 2. The largest absolute Gasteiger partial charge is 0.496 e. The van der Waals surface area contributed by atoms with Crippen molar-refractivity contribution in [1.29, 1.82) is 0 Å². The zero-order valence-corrected chi connectivity index (χ0v) is 18.0. The highest BCUT2D eigenvalue weighted by atomic mass is 35.5. The first-order valence-corrected chi connectivity index (χ1v) is 9.76. The number of nitrogens with one attached hydrogen (secondary N) is 1. The van der Waals surface area contributed by atoms with Crippen molar-refractivity contribution in [3.8, 4) is 5.75 Å². The number of rotatable bonds is 7. The van der Waals surface area contributed by atoms with Gasteiger partial charge in [0.25, 0.3) is 0 Å². The molecule has 0 aromatic carbocycles. The van der Waals surface area contributed by atoms with Crippen molar-refractivity contribution in [3.05, 3.63) is 38.7 Å². The number of pyridine rings is 1. The van der Waals surface area contributed by atoms with Gasteiger partial charge in [0.05, 0.1) is 19.3 Å². The molecular formula is C19H26ClN7O2. The maximum atomic E-state index is 13.2. The molecule has 29 heavy (non-hydrogen) atoms. The van der Waals surface area contributed by atoms with Gasteiger partial charge in [0.2, 0.25) is 5.95 Å². The second-order valence-electron chi connectivity index (χ2n) is 7.22. The molecule has 0 aliphatic heterocycles. The molecule has 3 N–H and O–H groups in total. The number of fused-ring (bicyclic) bond motifs is 1. The summed E-state index contributed by atoms with van der Waals surface area (Å²) < 4.78 is 8.59. The van der Waals surface area contributed by atoms with Gasteiger partial charge in [0.15, 0.2) is 10.8 Å². The minimum atomic E-state index is -0.243. The third kappa shape index (κ3) is 4.06. The second kappa shape index (κ2) is 8.38. The lowest BCUT2D eigenvalue weighted by Gasteiger charge is -2.12. The van der Waals surface area contributed by atoms with Gasteiger partial charge in [-0.05, 0) is 13.8 Å². The lowest BCUT2D eigenvalue weighted by Crippen LogP contribution is -2.32. The van der Waals surface area contributed by atoms with E-state index in [1.807, 2.05) is 27.7 Å². The fourth-order valence-electron chi connectivity index (χ4n) is 3.38. The molecule has 0 bridgehead atoms. The summed E-state index contributed by atoms with van der Waals surface area (Å²) in [6, 6.07) is 0.299. The Morgan fingerprint density at radius 1 is 1.28 bits per heavy atom. The Bertz CT molecular complexity index is 1100. The Kier molecular flexibility index (Phi) is 6.09. The monoisotopic (exact) mass is 419 g/mol. The van der Waals surface area contributed by atoms with Gasteiger partial charge in [-0.1, -0.05) is 25.4 Å². The molecule has 3 aromatic heterocycles. The molecule has 3 aromatic rings. The van der Waals surface area contributed by atoms with Crippen LogP contribution in [0.2, 0.25) is 5.15 Å². The first-order chi connectivity index (χ1) is 13.7. The number of aromatic nitrogens is 5. The molecule has 10 heteroatoms. The molecular weight excluding hydrogens is 394 g/mol. The van der Waals surface area contributed by atoms with Gasteiger partial charge in [-0.2, -0.15) is 9.97 Å². The van der Waals surface area contributed by atoms with Crippen LogP contribution < -0.4 is 21.5 Å². The average molecular weight is 420 g/mol. The molecule has 156 valence electrons. The van der Waals surface area contributed by atoms with Gasteiger partial charge < -0.3 is 15.8 Å². The molecule has 0 aliphatic rings. The number of ether oxygens (including phenoxy) is 1. The van der Waals surface area contributed by atoms with Crippen molar-refractivity contribution in [2.45, 2.75) is 46.8 Å². The van der Waals surface area contributed by atoms with Crippen molar-refractivity contribution in [1.82, 2.24) is 29.4 Å². The van der Waals surface area contributed by atoms with Crippen LogP contribution >= 0.6 is 11.6 Å². The van der Waals surface area contributed by atoms with E-state index in [1.165, 1.54) is 4.57 Å². The van der Waals surface area contributed by atoms with Crippen LogP contribution in [-0.2, 0) is 13.1 Å². The van der Waals surface area contributed by atoms with E-state index in [0.29, 0.717) is 36.0 Å². The van der Waals surface area contributed by atoms with E-state index in [4.69, 9.17) is 22.1 Å². The summed E-state index contributed by atoms with van der Waals surface area (Å²) in [6.45, 7) is 9.18. The maximum absolute atomic E-state index is 13.2. The van der Waals surface area contributed by atoms with Crippen LogP contribution in [0.5, 0.6) is 5.75 Å². The second-order valence-corrected chi connectivity index (χ2v) is 7.58. The maximum Gasteiger partial charge on any atom is 0.330 e. The van der Waals surface area contributed by atoms with Gasteiger partial charge in [0, 0.05) is 36.5 Å². The van der Waals surface area contributed by atoms with Crippen LogP contribution in [0, 0.1) is 13.8 Å². The highest BCUT2D eigenvalue weighted by Crippen LogP contribution is 2.26. The number of nitrogens with zero attached hydrogens (tertiary/aromatic N) is 5. The molecule has 0 radical (unpaired) electrons. The van der Waals surface area contributed by atoms with Crippen molar-refractivity contribution in [2.75, 3.05) is 19.4 Å². The number of methoxy groups -OCH3 is 1. The van der Waals surface area contributed by atoms with Gasteiger partial charge in [-0.15, -0.1) is 0 Å². The Labute approximate surface area is 173 Å². The summed E-state index contributed by atoms with van der Waals surface area (Å²) >= 11 is 6.34. The summed E-state index contributed by atoms with van der Waals surface area (Å²) in [6.07, 6.45) is 1.73. The van der Waals surface area contributed by atoms with Gasteiger partial charge >= 0.3 is 5.69 Å². The summed E-state index contributed by atoms with van der Waals surface area (Å²) in [5, 5.41) is 3.45. The predicted molar refractivity (Wildman–Crippen MR) is 114 cm³/mol. The number of nitrogens with two attached hydrogens (primary N) is 1. The zero-order valence-electron chi connectivity index (χ0n) is 17.3. The summed E-state index contributed by atoms with van der Waals surface area (Å²) in [5.41, 5.74) is 8.92. The topological polar surface area (TPSA) is 113 Å². The minimum absolute atomic E-state index is 0.0138. The molecule has 0 fully saturated rings. The van der Waals surface area contributed by atoms with E-state index < -0.39 is 0 Å². The fourth-order valence-corrected chi connectivity index (χ4v) is 3.65. The van der Waals surface area contributed by atoms with Gasteiger partial charge in [-0.25, -0.2) is 4.79 Å². The summed E-state index contributed by atoms with van der Waals surface area (Å²) in [4.78, 5) is 26.1. The predicted octanol–water partition coefficient (Wildman–Crippen LogP) is 1.90. The minimum Gasteiger partial charge on any atom is -0.496 e.